The second-order valence-corrected chi connectivity index (χ2v) is 8.20. The molecule has 130 valence electrons. The zero-order valence-corrected chi connectivity index (χ0v) is 14.7. The summed E-state index contributed by atoms with van der Waals surface area (Å²) in [6.07, 6.45) is 4.28. The predicted molar refractivity (Wildman–Crippen MR) is 95.0 cm³/mol. The summed E-state index contributed by atoms with van der Waals surface area (Å²) >= 11 is 0. The molecule has 0 aromatic carbocycles. The number of nitrogens with one attached hydrogen (secondary N) is 2. The molecule has 6 heteroatoms. The van der Waals surface area contributed by atoms with Gasteiger partial charge in [-0.1, -0.05) is 0 Å². The Kier molecular flexibility index (Phi) is 3.77. The van der Waals surface area contributed by atoms with Crippen LogP contribution in [-0.4, -0.2) is 56.2 Å². The SMILES string of the molecule is Cc1nc(N[C@@H]2C[C@@H]3CN(CC(C)(C)O)C[C@@H]3C2)c2cc[nH]c2n1. The number of aromatic amines is 1. The van der Waals surface area contributed by atoms with Crippen LogP contribution in [-0.2, 0) is 0 Å². The number of rotatable bonds is 4. The minimum Gasteiger partial charge on any atom is -0.389 e. The average Bonchev–Trinajstić information content (AvgIpc) is 3.10. The summed E-state index contributed by atoms with van der Waals surface area (Å²) in [6.45, 7) is 8.71. The Morgan fingerprint density at radius 3 is 2.67 bits per heavy atom. The lowest BCUT2D eigenvalue weighted by molar-refractivity contribution is 0.0414. The zero-order chi connectivity index (χ0) is 16.9. The molecule has 3 atom stereocenters. The molecule has 24 heavy (non-hydrogen) atoms. The molecule has 4 rings (SSSR count). The Hall–Kier alpha value is -1.66. The van der Waals surface area contributed by atoms with Crippen molar-refractivity contribution >= 4 is 16.9 Å². The van der Waals surface area contributed by atoms with Gasteiger partial charge in [0.25, 0.3) is 0 Å². The fourth-order valence-corrected chi connectivity index (χ4v) is 4.55. The summed E-state index contributed by atoms with van der Waals surface area (Å²) in [7, 11) is 0. The van der Waals surface area contributed by atoms with Gasteiger partial charge in [0, 0.05) is 31.9 Å². The Balaban J connectivity index is 1.41. The van der Waals surface area contributed by atoms with Crippen LogP contribution in [0.3, 0.4) is 0 Å². The molecule has 0 unspecified atom stereocenters. The molecule has 2 aromatic rings. The summed E-state index contributed by atoms with van der Waals surface area (Å²) < 4.78 is 0. The van der Waals surface area contributed by atoms with Gasteiger partial charge in [-0.15, -0.1) is 0 Å². The number of aliphatic hydroxyl groups is 1. The highest BCUT2D eigenvalue weighted by Gasteiger charge is 2.41. The van der Waals surface area contributed by atoms with Crippen molar-refractivity contribution in [2.75, 3.05) is 25.0 Å². The van der Waals surface area contributed by atoms with Gasteiger partial charge in [-0.2, -0.15) is 0 Å². The van der Waals surface area contributed by atoms with Crippen LogP contribution < -0.4 is 5.32 Å². The second-order valence-electron chi connectivity index (χ2n) is 8.20. The third kappa shape index (κ3) is 3.13. The number of fused-ring (bicyclic) bond motifs is 2. The molecule has 2 aliphatic rings. The van der Waals surface area contributed by atoms with Gasteiger partial charge in [-0.05, 0) is 51.5 Å². The molecule has 3 N–H and O–H groups in total. The van der Waals surface area contributed by atoms with Crippen LogP contribution in [0, 0.1) is 18.8 Å². The molecule has 0 radical (unpaired) electrons. The summed E-state index contributed by atoms with van der Waals surface area (Å²) in [4.78, 5) is 14.6. The molecule has 2 aromatic heterocycles. The van der Waals surface area contributed by atoms with Gasteiger partial charge >= 0.3 is 0 Å². The predicted octanol–water partition coefficient (Wildman–Crippen LogP) is 2.16. The third-order valence-corrected chi connectivity index (χ3v) is 5.31. The van der Waals surface area contributed by atoms with E-state index in [0.717, 1.165) is 54.1 Å². The van der Waals surface area contributed by atoms with Crippen LogP contribution in [0.5, 0.6) is 0 Å². The van der Waals surface area contributed by atoms with Gasteiger partial charge in [0.05, 0.1) is 11.0 Å². The maximum absolute atomic E-state index is 10.0. The van der Waals surface area contributed by atoms with E-state index in [-0.39, 0.29) is 0 Å². The summed E-state index contributed by atoms with van der Waals surface area (Å²) in [5.41, 5.74) is 0.300. The van der Waals surface area contributed by atoms with Crippen molar-refractivity contribution in [3.63, 3.8) is 0 Å². The van der Waals surface area contributed by atoms with E-state index >= 15 is 0 Å². The fourth-order valence-electron chi connectivity index (χ4n) is 4.55. The van der Waals surface area contributed by atoms with Gasteiger partial charge in [0.2, 0.25) is 0 Å². The topological polar surface area (TPSA) is 77.1 Å². The van der Waals surface area contributed by atoms with Crippen LogP contribution in [0.4, 0.5) is 5.82 Å². The maximum atomic E-state index is 10.0. The summed E-state index contributed by atoms with van der Waals surface area (Å²) in [6, 6.07) is 2.52. The van der Waals surface area contributed by atoms with E-state index < -0.39 is 5.60 Å². The highest BCUT2D eigenvalue weighted by molar-refractivity contribution is 5.87. The number of likely N-dealkylation sites (tertiary alicyclic amines) is 1. The lowest BCUT2D eigenvalue weighted by Gasteiger charge is -2.26. The van der Waals surface area contributed by atoms with E-state index in [0.29, 0.717) is 6.04 Å². The van der Waals surface area contributed by atoms with E-state index in [4.69, 9.17) is 0 Å². The van der Waals surface area contributed by atoms with Crippen LogP contribution in [0.25, 0.3) is 11.0 Å². The van der Waals surface area contributed by atoms with E-state index in [9.17, 15) is 5.11 Å². The second kappa shape index (κ2) is 5.70. The summed E-state index contributed by atoms with van der Waals surface area (Å²) in [5, 5.41) is 14.8. The van der Waals surface area contributed by atoms with Crippen molar-refractivity contribution in [3.8, 4) is 0 Å². The van der Waals surface area contributed by atoms with Gasteiger partial charge in [-0.25, -0.2) is 9.97 Å². The lowest BCUT2D eigenvalue weighted by atomic mass is 10.0. The smallest absolute Gasteiger partial charge is 0.143 e. The van der Waals surface area contributed by atoms with Crippen molar-refractivity contribution in [2.45, 2.75) is 45.3 Å². The number of aryl methyl sites for hydroxylation is 1. The Labute approximate surface area is 142 Å². The first kappa shape index (κ1) is 15.8. The van der Waals surface area contributed by atoms with E-state index in [1.165, 1.54) is 12.8 Å². The van der Waals surface area contributed by atoms with Crippen LogP contribution in [0.1, 0.15) is 32.5 Å². The average molecular weight is 329 g/mol. The molecule has 1 saturated carbocycles. The molecule has 1 aliphatic carbocycles. The first-order valence-corrected chi connectivity index (χ1v) is 8.90. The zero-order valence-electron chi connectivity index (χ0n) is 14.7. The molecule has 0 spiro atoms. The van der Waals surface area contributed by atoms with Crippen molar-refractivity contribution in [1.82, 2.24) is 19.9 Å². The first-order valence-electron chi connectivity index (χ1n) is 8.90. The molecular weight excluding hydrogens is 302 g/mol. The fraction of sp³-hybridized carbons (Fsp3) is 0.667. The van der Waals surface area contributed by atoms with E-state index in [2.05, 4.69) is 25.2 Å². The van der Waals surface area contributed by atoms with E-state index in [1.807, 2.05) is 33.0 Å². The lowest BCUT2D eigenvalue weighted by Crippen LogP contribution is -2.38. The molecule has 0 bridgehead atoms. The highest BCUT2D eigenvalue weighted by Crippen LogP contribution is 2.40. The van der Waals surface area contributed by atoms with Crippen molar-refractivity contribution < 1.29 is 5.11 Å². The van der Waals surface area contributed by atoms with Gasteiger partial charge in [0.1, 0.15) is 17.3 Å². The minimum absolute atomic E-state index is 0.483. The van der Waals surface area contributed by atoms with Crippen molar-refractivity contribution in [3.05, 3.63) is 18.1 Å². The van der Waals surface area contributed by atoms with E-state index in [1.54, 1.807) is 0 Å². The molecule has 1 saturated heterocycles. The number of β-amino-alcohol motifs (C(OH)–C–C–N with tert-alkyl or cyclic N) is 1. The molecule has 3 heterocycles. The van der Waals surface area contributed by atoms with Crippen LogP contribution in [0.15, 0.2) is 12.3 Å². The monoisotopic (exact) mass is 329 g/mol. The number of H-pyrrole nitrogens is 1. The van der Waals surface area contributed by atoms with Crippen molar-refractivity contribution in [2.24, 2.45) is 11.8 Å². The van der Waals surface area contributed by atoms with Gasteiger partial charge in [-0.3, -0.25) is 4.90 Å². The molecule has 0 amide bonds. The Morgan fingerprint density at radius 2 is 2.00 bits per heavy atom. The number of aromatic nitrogens is 3. The highest BCUT2D eigenvalue weighted by atomic mass is 16.3. The van der Waals surface area contributed by atoms with Gasteiger partial charge < -0.3 is 15.4 Å². The van der Waals surface area contributed by atoms with Crippen molar-refractivity contribution in [1.29, 1.82) is 0 Å². The third-order valence-electron chi connectivity index (χ3n) is 5.31. The standard InChI is InChI=1S/C18H27N5O/c1-11-20-16-15(4-5-19-16)17(21-11)22-14-6-12-8-23(9-13(12)7-14)10-18(2,3)24/h4-5,12-14,24H,6-10H2,1-3H3,(H2,19,20,21,22)/t12-,13+,14-. The Morgan fingerprint density at radius 1 is 1.29 bits per heavy atom. The normalized spacial score (nSPS) is 27.8. The van der Waals surface area contributed by atoms with Crippen LogP contribution in [0.2, 0.25) is 0 Å². The quantitative estimate of drug-likeness (QED) is 0.801. The van der Waals surface area contributed by atoms with Gasteiger partial charge in [0.15, 0.2) is 0 Å². The number of hydrogen-bond donors (Lipinski definition) is 3. The number of anilines is 1. The first-order chi connectivity index (χ1) is 11.4. The molecule has 6 nitrogen and oxygen atoms in total. The number of hydrogen-bond acceptors (Lipinski definition) is 5. The molecule has 1 aliphatic heterocycles. The Bertz CT molecular complexity index is 721. The molecular formula is C18H27N5O. The van der Waals surface area contributed by atoms with Crippen LogP contribution >= 0.6 is 0 Å². The minimum atomic E-state index is -0.603. The number of nitrogens with zero attached hydrogens (tertiary/aromatic N) is 3. The largest absolute Gasteiger partial charge is 0.389 e. The molecule has 2 fully saturated rings. The summed E-state index contributed by atoms with van der Waals surface area (Å²) in [5.74, 6) is 3.21. The maximum Gasteiger partial charge on any atom is 0.143 e.